The first kappa shape index (κ1) is 12.5. The fourth-order valence-corrected chi connectivity index (χ4v) is 3.10. The second-order valence-corrected chi connectivity index (χ2v) is 5.69. The molecule has 0 amide bonds. The monoisotopic (exact) mass is 255 g/mol. The van der Waals surface area contributed by atoms with Gasteiger partial charge in [0.05, 0.1) is 12.2 Å². The van der Waals surface area contributed by atoms with E-state index in [0.29, 0.717) is 4.88 Å². The molecule has 1 aliphatic rings. The smallest absolute Gasteiger partial charge is 0.345 e. The minimum atomic E-state index is -0.843. The van der Waals surface area contributed by atoms with Crippen molar-refractivity contribution in [1.29, 1.82) is 0 Å². The molecule has 2 atom stereocenters. The number of hydrogen-bond acceptors (Lipinski definition) is 4. The zero-order valence-electron chi connectivity index (χ0n) is 10.0. The van der Waals surface area contributed by atoms with E-state index in [-0.39, 0.29) is 12.2 Å². The van der Waals surface area contributed by atoms with Gasteiger partial charge < -0.3 is 9.84 Å². The summed E-state index contributed by atoms with van der Waals surface area (Å²) in [5.74, 6) is -0.843. The average Bonchev–Trinajstić information content (AvgIpc) is 2.64. The summed E-state index contributed by atoms with van der Waals surface area (Å²) in [6.07, 6.45) is 0.496. The Hall–Kier alpha value is -0.910. The highest BCUT2D eigenvalue weighted by Crippen LogP contribution is 2.20. The van der Waals surface area contributed by atoms with E-state index in [2.05, 4.69) is 18.7 Å². The third kappa shape index (κ3) is 3.28. The molecule has 1 aromatic heterocycles. The lowest BCUT2D eigenvalue weighted by Crippen LogP contribution is -2.44. The molecule has 94 valence electrons. The molecule has 0 aromatic carbocycles. The van der Waals surface area contributed by atoms with Gasteiger partial charge in [-0.1, -0.05) is 0 Å². The minimum absolute atomic E-state index is 0.248. The van der Waals surface area contributed by atoms with Gasteiger partial charge in [0.1, 0.15) is 4.88 Å². The maximum atomic E-state index is 10.8. The molecule has 5 heteroatoms. The number of carboxylic acids is 1. The Kier molecular flexibility index (Phi) is 3.81. The molecule has 1 fully saturated rings. The topological polar surface area (TPSA) is 49.8 Å². The SMILES string of the molecule is C[C@@H]1CN(Cc2ccc(C(=O)O)s2)C[C@H](C)O1. The summed E-state index contributed by atoms with van der Waals surface area (Å²) >= 11 is 1.36. The second kappa shape index (κ2) is 5.16. The fourth-order valence-electron chi connectivity index (χ4n) is 2.21. The molecule has 0 saturated carbocycles. The van der Waals surface area contributed by atoms with Crippen molar-refractivity contribution >= 4 is 17.3 Å². The number of rotatable bonds is 3. The van der Waals surface area contributed by atoms with Gasteiger partial charge in [-0.3, -0.25) is 4.90 Å². The summed E-state index contributed by atoms with van der Waals surface area (Å²) in [6, 6.07) is 3.58. The highest BCUT2D eigenvalue weighted by molar-refractivity contribution is 7.13. The lowest BCUT2D eigenvalue weighted by atomic mass is 10.2. The highest BCUT2D eigenvalue weighted by atomic mass is 32.1. The molecule has 0 aliphatic carbocycles. The van der Waals surface area contributed by atoms with E-state index in [1.807, 2.05) is 6.07 Å². The number of aromatic carboxylic acids is 1. The van der Waals surface area contributed by atoms with Gasteiger partial charge in [-0.15, -0.1) is 11.3 Å². The Balaban J connectivity index is 1.97. The molecule has 17 heavy (non-hydrogen) atoms. The zero-order valence-corrected chi connectivity index (χ0v) is 10.9. The summed E-state index contributed by atoms with van der Waals surface area (Å²) in [7, 11) is 0. The average molecular weight is 255 g/mol. The summed E-state index contributed by atoms with van der Waals surface area (Å²) in [5, 5.41) is 8.86. The van der Waals surface area contributed by atoms with E-state index in [4.69, 9.17) is 9.84 Å². The van der Waals surface area contributed by atoms with Crippen LogP contribution in [-0.4, -0.2) is 41.3 Å². The summed E-state index contributed by atoms with van der Waals surface area (Å²) < 4.78 is 5.67. The van der Waals surface area contributed by atoms with Crippen molar-refractivity contribution < 1.29 is 14.6 Å². The van der Waals surface area contributed by atoms with Crippen LogP contribution in [0.25, 0.3) is 0 Å². The fraction of sp³-hybridized carbons (Fsp3) is 0.583. The van der Waals surface area contributed by atoms with Crippen molar-refractivity contribution in [3.05, 3.63) is 21.9 Å². The first-order chi connectivity index (χ1) is 8.04. The van der Waals surface area contributed by atoms with Gasteiger partial charge >= 0.3 is 5.97 Å². The summed E-state index contributed by atoms with van der Waals surface area (Å²) in [5.41, 5.74) is 0. The van der Waals surface area contributed by atoms with E-state index in [1.165, 1.54) is 11.3 Å². The van der Waals surface area contributed by atoms with Crippen molar-refractivity contribution in [2.24, 2.45) is 0 Å². The van der Waals surface area contributed by atoms with Gasteiger partial charge in [-0.05, 0) is 26.0 Å². The van der Waals surface area contributed by atoms with Crippen LogP contribution < -0.4 is 0 Å². The molecule has 1 aromatic rings. The minimum Gasteiger partial charge on any atom is -0.477 e. The van der Waals surface area contributed by atoms with Crippen LogP contribution >= 0.6 is 11.3 Å². The van der Waals surface area contributed by atoms with Crippen LogP contribution in [0.1, 0.15) is 28.4 Å². The Morgan fingerprint density at radius 2 is 2.12 bits per heavy atom. The molecule has 0 spiro atoms. The number of nitrogens with zero attached hydrogens (tertiary/aromatic N) is 1. The van der Waals surface area contributed by atoms with Crippen LogP contribution in [-0.2, 0) is 11.3 Å². The van der Waals surface area contributed by atoms with Gasteiger partial charge in [0.25, 0.3) is 0 Å². The van der Waals surface area contributed by atoms with Gasteiger partial charge in [0.15, 0.2) is 0 Å². The van der Waals surface area contributed by atoms with E-state index < -0.39 is 5.97 Å². The Labute approximate surface area is 105 Å². The molecule has 0 unspecified atom stereocenters. The van der Waals surface area contributed by atoms with Crippen LogP contribution in [0.15, 0.2) is 12.1 Å². The van der Waals surface area contributed by atoms with Gasteiger partial charge in [0.2, 0.25) is 0 Å². The van der Waals surface area contributed by atoms with Crippen molar-refractivity contribution in [1.82, 2.24) is 4.90 Å². The highest BCUT2D eigenvalue weighted by Gasteiger charge is 2.22. The molecule has 0 radical (unpaired) electrons. The number of hydrogen-bond donors (Lipinski definition) is 1. The first-order valence-electron chi connectivity index (χ1n) is 5.74. The van der Waals surface area contributed by atoms with Crippen LogP contribution in [0, 0.1) is 0 Å². The number of morpholine rings is 1. The maximum absolute atomic E-state index is 10.8. The quantitative estimate of drug-likeness (QED) is 0.898. The van der Waals surface area contributed by atoms with Crippen molar-refractivity contribution in [2.45, 2.75) is 32.6 Å². The van der Waals surface area contributed by atoms with Crippen LogP contribution in [0.5, 0.6) is 0 Å². The standard InChI is InChI=1S/C12H17NO3S/c1-8-5-13(6-9(2)16-8)7-10-3-4-11(17-10)12(14)15/h3-4,8-9H,5-7H2,1-2H3,(H,14,15)/t8-,9+. The van der Waals surface area contributed by atoms with Crippen molar-refractivity contribution in [2.75, 3.05) is 13.1 Å². The zero-order chi connectivity index (χ0) is 12.4. The Morgan fingerprint density at radius 1 is 1.47 bits per heavy atom. The van der Waals surface area contributed by atoms with E-state index >= 15 is 0 Å². The Bertz CT molecular complexity index is 394. The molecule has 0 bridgehead atoms. The van der Waals surface area contributed by atoms with E-state index in [9.17, 15) is 4.79 Å². The van der Waals surface area contributed by atoms with Crippen LogP contribution in [0.2, 0.25) is 0 Å². The third-order valence-corrected chi connectivity index (χ3v) is 3.81. The van der Waals surface area contributed by atoms with Gasteiger partial charge in [0, 0.05) is 24.5 Å². The molecule has 4 nitrogen and oxygen atoms in total. The van der Waals surface area contributed by atoms with Gasteiger partial charge in [-0.2, -0.15) is 0 Å². The molecule has 1 N–H and O–H groups in total. The lowest BCUT2D eigenvalue weighted by molar-refractivity contribution is -0.0702. The normalized spacial score (nSPS) is 26.0. The summed E-state index contributed by atoms with van der Waals surface area (Å²) in [4.78, 5) is 14.6. The molecular formula is C12H17NO3S. The molecule has 2 heterocycles. The van der Waals surface area contributed by atoms with E-state index in [0.717, 1.165) is 24.5 Å². The number of thiophene rings is 1. The maximum Gasteiger partial charge on any atom is 0.345 e. The predicted molar refractivity (Wildman–Crippen MR) is 66.6 cm³/mol. The second-order valence-electron chi connectivity index (χ2n) is 4.52. The number of ether oxygens (including phenoxy) is 1. The Morgan fingerprint density at radius 3 is 2.65 bits per heavy atom. The third-order valence-electron chi connectivity index (χ3n) is 2.75. The molecular weight excluding hydrogens is 238 g/mol. The predicted octanol–water partition coefficient (Wildman–Crippen LogP) is 2.06. The van der Waals surface area contributed by atoms with Gasteiger partial charge in [-0.25, -0.2) is 4.79 Å². The molecule has 2 rings (SSSR count). The summed E-state index contributed by atoms with van der Waals surface area (Å²) in [6.45, 7) is 6.77. The van der Waals surface area contributed by atoms with E-state index in [1.54, 1.807) is 6.07 Å². The van der Waals surface area contributed by atoms with Crippen molar-refractivity contribution in [3.63, 3.8) is 0 Å². The van der Waals surface area contributed by atoms with Crippen molar-refractivity contribution in [3.8, 4) is 0 Å². The molecule has 1 aliphatic heterocycles. The lowest BCUT2D eigenvalue weighted by Gasteiger charge is -2.34. The molecule has 1 saturated heterocycles. The van der Waals surface area contributed by atoms with Crippen LogP contribution in [0.3, 0.4) is 0 Å². The largest absolute Gasteiger partial charge is 0.477 e. The number of carbonyl (C=O) groups is 1. The first-order valence-corrected chi connectivity index (χ1v) is 6.56. The van der Waals surface area contributed by atoms with Crippen LogP contribution in [0.4, 0.5) is 0 Å². The number of carboxylic acid groups (broad SMARTS) is 1.